The van der Waals surface area contributed by atoms with E-state index >= 15 is 0 Å². The second kappa shape index (κ2) is 8.09. The lowest BCUT2D eigenvalue weighted by molar-refractivity contribution is -0.164. The van der Waals surface area contributed by atoms with E-state index in [-0.39, 0.29) is 39.8 Å². The molecular formula is C22H25ClN4O2S. The Hall–Kier alpha value is -2.30. The zero-order valence-electron chi connectivity index (χ0n) is 17.6. The first-order valence-electron chi connectivity index (χ1n) is 9.67. The van der Waals surface area contributed by atoms with Gasteiger partial charge in [-0.2, -0.15) is 23.0 Å². The van der Waals surface area contributed by atoms with Crippen molar-refractivity contribution in [2.75, 3.05) is 0 Å². The lowest BCUT2D eigenvalue weighted by Crippen LogP contribution is -2.74. The van der Waals surface area contributed by atoms with Gasteiger partial charge in [-0.1, -0.05) is 39.3 Å². The Morgan fingerprint density at radius 3 is 2.40 bits per heavy atom. The van der Waals surface area contributed by atoms with Crippen LogP contribution < -0.4 is 10.1 Å². The van der Waals surface area contributed by atoms with E-state index in [9.17, 15) is 4.79 Å². The molecule has 1 aliphatic rings. The van der Waals surface area contributed by atoms with Crippen LogP contribution in [-0.2, 0) is 0 Å². The SMILES string of the molecule is CC(S)c1ccc(C(=O)N[C@H]2C(C)(C)[C@H](Oc3ccc(C#N)c(Cl)c3)C2(C)C)nn1. The van der Waals surface area contributed by atoms with Crippen LogP contribution in [0.2, 0.25) is 5.02 Å². The van der Waals surface area contributed by atoms with Crippen LogP contribution in [-0.4, -0.2) is 28.3 Å². The van der Waals surface area contributed by atoms with Gasteiger partial charge in [0.1, 0.15) is 17.9 Å². The maximum absolute atomic E-state index is 12.8. The standard InChI is InChI=1S/C22H25ClN4O2S/c1-12(30)16-8-9-17(27-26-16)18(28)25-19-21(2,3)20(22(19,4)5)29-14-7-6-13(11-24)15(23)10-14/h6-10,12,19-20,30H,1-5H3,(H,25,28)/t12?,19-,20-. The molecule has 0 bridgehead atoms. The number of hydrogen-bond donors (Lipinski definition) is 2. The van der Waals surface area contributed by atoms with Crippen LogP contribution >= 0.6 is 24.2 Å². The molecule has 0 aliphatic heterocycles. The normalized spacial score (nSPS) is 22.3. The fourth-order valence-corrected chi connectivity index (χ4v) is 4.84. The molecule has 2 aromatic rings. The summed E-state index contributed by atoms with van der Waals surface area (Å²) in [5.74, 6) is 0.323. The summed E-state index contributed by atoms with van der Waals surface area (Å²) in [7, 11) is 0. The van der Waals surface area contributed by atoms with E-state index in [2.05, 4.69) is 55.8 Å². The molecule has 1 amide bonds. The molecule has 1 unspecified atom stereocenters. The summed E-state index contributed by atoms with van der Waals surface area (Å²) in [6.07, 6.45) is -0.169. The summed E-state index contributed by atoms with van der Waals surface area (Å²) in [5, 5.41) is 20.5. The summed E-state index contributed by atoms with van der Waals surface area (Å²) < 4.78 is 6.24. The largest absolute Gasteiger partial charge is 0.489 e. The number of nitriles is 1. The molecule has 3 rings (SSSR count). The van der Waals surface area contributed by atoms with Crippen molar-refractivity contribution in [1.29, 1.82) is 5.26 Å². The summed E-state index contributed by atoms with van der Waals surface area (Å²) in [6, 6.07) is 10.4. The number of nitrogens with one attached hydrogen (secondary N) is 1. The number of nitrogens with zero attached hydrogens (tertiary/aromatic N) is 3. The highest BCUT2D eigenvalue weighted by molar-refractivity contribution is 7.80. The van der Waals surface area contributed by atoms with E-state index < -0.39 is 0 Å². The third-order valence-electron chi connectivity index (χ3n) is 5.78. The lowest BCUT2D eigenvalue weighted by atomic mass is 9.49. The molecule has 1 heterocycles. The average Bonchev–Trinajstić information content (AvgIpc) is 2.69. The first kappa shape index (κ1) is 22.4. The van der Waals surface area contributed by atoms with E-state index in [0.29, 0.717) is 22.0 Å². The van der Waals surface area contributed by atoms with Crippen LogP contribution in [0, 0.1) is 22.2 Å². The molecule has 0 radical (unpaired) electrons. The van der Waals surface area contributed by atoms with Gasteiger partial charge in [-0.15, -0.1) is 5.10 Å². The minimum Gasteiger partial charge on any atom is -0.489 e. The second-order valence-electron chi connectivity index (χ2n) is 8.82. The monoisotopic (exact) mass is 444 g/mol. The predicted octanol–water partition coefficient (Wildman–Crippen LogP) is 4.60. The van der Waals surface area contributed by atoms with Crippen LogP contribution in [0.5, 0.6) is 5.75 Å². The first-order chi connectivity index (χ1) is 14.0. The van der Waals surface area contributed by atoms with Crippen molar-refractivity contribution in [1.82, 2.24) is 15.5 Å². The maximum Gasteiger partial charge on any atom is 0.272 e. The fourth-order valence-electron chi connectivity index (χ4n) is 4.49. The molecule has 1 aromatic heterocycles. The smallest absolute Gasteiger partial charge is 0.272 e. The van der Waals surface area contributed by atoms with E-state index in [1.54, 1.807) is 30.3 Å². The minimum absolute atomic E-state index is 0.0484. The summed E-state index contributed by atoms with van der Waals surface area (Å²) in [4.78, 5) is 12.8. The number of aromatic nitrogens is 2. The van der Waals surface area contributed by atoms with Gasteiger partial charge < -0.3 is 10.1 Å². The number of carbonyl (C=O) groups excluding carboxylic acids is 1. The number of hydrogen-bond acceptors (Lipinski definition) is 6. The topological polar surface area (TPSA) is 87.9 Å². The van der Waals surface area contributed by atoms with Crippen LogP contribution in [0.15, 0.2) is 30.3 Å². The van der Waals surface area contributed by atoms with E-state index in [1.807, 2.05) is 13.0 Å². The van der Waals surface area contributed by atoms with Crippen molar-refractivity contribution in [3.05, 3.63) is 52.3 Å². The van der Waals surface area contributed by atoms with Crippen LogP contribution in [0.25, 0.3) is 0 Å². The van der Waals surface area contributed by atoms with E-state index in [0.717, 1.165) is 0 Å². The summed E-state index contributed by atoms with van der Waals surface area (Å²) in [5.41, 5.74) is 0.705. The number of halogens is 1. The molecular weight excluding hydrogens is 420 g/mol. The number of carbonyl (C=O) groups is 1. The van der Waals surface area contributed by atoms with Gasteiger partial charge in [0.2, 0.25) is 0 Å². The fraction of sp³-hybridized carbons (Fsp3) is 0.455. The third kappa shape index (κ3) is 3.99. The second-order valence-corrected chi connectivity index (χ2v) is 10.0. The van der Waals surface area contributed by atoms with Crippen LogP contribution in [0.1, 0.15) is 61.6 Å². The molecule has 6 nitrogen and oxygen atoms in total. The molecule has 1 N–H and O–H groups in total. The van der Waals surface area contributed by atoms with Gasteiger partial charge in [-0.05, 0) is 31.2 Å². The Balaban J connectivity index is 1.74. The number of benzene rings is 1. The van der Waals surface area contributed by atoms with Gasteiger partial charge in [0.05, 0.1) is 16.3 Å². The molecule has 1 saturated carbocycles. The molecule has 0 spiro atoms. The number of amides is 1. The van der Waals surface area contributed by atoms with Gasteiger partial charge in [-0.3, -0.25) is 4.79 Å². The molecule has 1 fully saturated rings. The van der Waals surface area contributed by atoms with Crippen LogP contribution in [0.3, 0.4) is 0 Å². The third-order valence-corrected chi connectivity index (χ3v) is 6.35. The predicted molar refractivity (Wildman–Crippen MR) is 119 cm³/mol. The molecule has 30 heavy (non-hydrogen) atoms. The molecule has 8 heteroatoms. The molecule has 1 atom stereocenters. The highest BCUT2D eigenvalue weighted by Gasteiger charge is 2.64. The van der Waals surface area contributed by atoms with Crippen molar-refractivity contribution in [3.8, 4) is 11.8 Å². The zero-order chi connectivity index (χ0) is 22.3. The van der Waals surface area contributed by atoms with E-state index in [4.69, 9.17) is 21.6 Å². The Morgan fingerprint density at radius 2 is 1.90 bits per heavy atom. The van der Waals surface area contributed by atoms with Gasteiger partial charge in [-0.25, -0.2) is 0 Å². The van der Waals surface area contributed by atoms with Crippen LogP contribution in [0.4, 0.5) is 0 Å². The lowest BCUT2D eigenvalue weighted by Gasteiger charge is -2.63. The first-order valence-corrected chi connectivity index (χ1v) is 10.6. The van der Waals surface area contributed by atoms with Gasteiger partial charge in [0, 0.05) is 28.2 Å². The average molecular weight is 445 g/mol. The summed E-state index contributed by atoms with van der Waals surface area (Å²) in [6.45, 7) is 10.1. The van der Waals surface area contributed by atoms with Crippen molar-refractivity contribution in [3.63, 3.8) is 0 Å². The Labute approximate surface area is 187 Å². The van der Waals surface area contributed by atoms with Gasteiger partial charge in [0.15, 0.2) is 5.69 Å². The minimum atomic E-state index is -0.341. The maximum atomic E-state index is 12.8. The van der Waals surface area contributed by atoms with Gasteiger partial charge >= 0.3 is 0 Å². The Morgan fingerprint density at radius 1 is 1.23 bits per heavy atom. The molecule has 1 aliphatic carbocycles. The number of thiol groups is 1. The zero-order valence-corrected chi connectivity index (χ0v) is 19.3. The molecule has 1 aromatic carbocycles. The molecule has 158 valence electrons. The van der Waals surface area contributed by atoms with Gasteiger partial charge in [0.25, 0.3) is 5.91 Å². The number of ether oxygens (including phenoxy) is 1. The van der Waals surface area contributed by atoms with E-state index in [1.165, 1.54) is 0 Å². The highest BCUT2D eigenvalue weighted by Crippen LogP contribution is 2.55. The van der Waals surface area contributed by atoms with Crippen molar-refractivity contribution >= 4 is 30.1 Å². The number of rotatable bonds is 5. The quantitative estimate of drug-likeness (QED) is 0.657. The van der Waals surface area contributed by atoms with Crippen molar-refractivity contribution in [2.45, 2.75) is 52.0 Å². The Kier molecular flexibility index (Phi) is 6.03. The Bertz CT molecular complexity index is 983. The highest BCUT2D eigenvalue weighted by atomic mass is 35.5. The molecule has 0 saturated heterocycles. The summed E-state index contributed by atoms with van der Waals surface area (Å²) >= 11 is 10.5. The van der Waals surface area contributed by atoms with Crippen molar-refractivity contribution < 1.29 is 9.53 Å². The van der Waals surface area contributed by atoms with Crippen molar-refractivity contribution in [2.24, 2.45) is 10.8 Å².